The summed E-state index contributed by atoms with van der Waals surface area (Å²) in [5.74, 6) is 0. The molecule has 0 aliphatic heterocycles. The second kappa shape index (κ2) is 19.6. The summed E-state index contributed by atoms with van der Waals surface area (Å²) in [5.41, 5.74) is 5.61. The Morgan fingerprint density at radius 1 is 2.00 bits per heavy atom. The molecule has 26 valence electrons. The Hall–Kier alpha value is 1.07. The number of carbonyl (C=O) groups is 1. The maximum atomic E-state index is 8.78. The van der Waals surface area contributed by atoms with E-state index in [0.29, 0.717) is 0 Å². The monoisotopic (exact) mass is 100 g/mol. The molecule has 0 aliphatic rings. The number of nitrogens with one attached hydrogen (secondary N) is 1. The molecule has 0 aromatic carbocycles. The average Bonchev–Trinajstić information content (AvgIpc) is 0.811. The van der Waals surface area contributed by atoms with Crippen LogP contribution < -0.4 is 51.4 Å². The third-order valence-electron chi connectivity index (χ3n) is 0. The van der Waals surface area contributed by atoms with Crippen LogP contribution in [0.5, 0.6) is 0 Å². The molecule has 3 nitrogen and oxygen atoms in total. The van der Waals surface area contributed by atoms with Crippen LogP contribution in [0.1, 0.15) is 1.37 Å². The molecule has 3 N–H and O–H groups in total. The zero-order valence-corrected chi connectivity index (χ0v) is 6.11. The Bertz CT molecular complexity index is 36.5. The smallest absolute Gasteiger partial charge is 0.693 e. The van der Waals surface area contributed by atoms with Gasteiger partial charge >= 0.3 is 51.4 Å². The van der Waals surface area contributed by atoms with E-state index in [1.807, 2.05) is 0 Å². The first-order valence-corrected chi connectivity index (χ1v) is 0.454. The minimum absolute atomic E-state index is 0. The van der Waals surface area contributed by atoms with Crippen LogP contribution in [0.15, 0.2) is 0 Å². The average molecular weight is 100 g/mol. The molecule has 0 heterocycles. The van der Waals surface area contributed by atoms with Gasteiger partial charge in [-0.2, -0.15) is 0 Å². The normalized spacial score (nSPS) is 5.20. The van der Waals surface area contributed by atoms with Crippen molar-refractivity contribution in [2.24, 2.45) is 0 Å². The van der Waals surface area contributed by atoms with E-state index in [1.165, 1.54) is 0 Å². The fourth-order valence-electron chi connectivity index (χ4n) is 0. The van der Waals surface area contributed by atoms with Crippen LogP contribution in [0.3, 0.4) is 0 Å². The third kappa shape index (κ3) is 41.9. The molecule has 0 spiro atoms. The van der Waals surface area contributed by atoms with Gasteiger partial charge in [-0.05, 0) is 0 Å². The fourth-order valence-corrected chi connectivity index (χ4v) is 0. The Morgan fingerprint density at radius 2 is 2.00 bits per heavy atom. The van der Waals surface area contributed by atoms with Gasteiger partial charge in [-0.1, -0.05) is 0 Å². The molecule has 0 bridgehead atoms. The van der Waals surface area contributed by atoms with Crippen molar-refractivity contribution >= 4 is 6.39 Å². The first-order chi connectivity index (χ1) is 1.73. The molecule has 1 amide bonds. The quantitative estimate of drug-likeness (QED) is 0.254. The number of carbonyl (C=O) groups excluding carboxylic acids is 1. The van der Waals surface area contributed by atoms with Crippen LogP contribution in [0.4, 0.5) is 0 Å². The maximum absolute atomic E-state index is 8.78. The van der Waals surface area contributed by atoms with E-state index in [-0.39, 0.29) is 57.5 Å². The summed E-state index contributed by atoms with van der Waals surface area (Å²) < 4.78 is 5.61. The van der Waals surface area contributed by atoms with Crippen molar-refractivity contribution in [3.63, 3.8) is 0 Å². The Morgan fingerprint density at radius 3 is 2.00 bits per heavy atom. The van der Waals surface area contributed by atoms with Crippen molar-refractivity contribution in [1.82, 2.24) is 0 Å². The molecule has 0 aromatic rings. The second-order valence-electron chi connectivity index (χ2n) is 0.102. The summed E-state index contributed by atoms with van der Waals surface area (Å²) in [6, 6.07) is 0. The number of hydrogen-bond acceptors (Lipinski definition) is 1. The molecule has 0 unspecified atom stereocenters. The van der Waals surface area contributed by atoms with E-state index in [2.05, 4.69) is 0 Å². The van der Waals surface area contributed by atoms with Crippen molar-refractivity contribution in [2.45, 2.75) is 0 Å². The first kappa shape index (κ1) is 9.42. The predicted molar refractivity (Wildman–Crippen MR) is 15.7 cm³/mol. The molecule has 0 atom stereocenters. The van der Waals surface area contributed by atoms with Gasteiger partial charge in [0.05, 0.1) is 1.37 Å². The molecular formula is CH4KN2O-. The van der Waals surface area contributed by atoms with Gasteiger partial charge in [-0.25, -0.2) is 0 Å². The van der Waals surface area contributed by atoms with Crippen molar-refractivity contribution in [3.8, 4) is 0 Å². The Balaban J connectivity index is -0.0000000450. The summed E-state index contributed by atoms with van der Waals surface area (Å²) >= 11 is 0. The van der Waals surface area contributed by atoms with Crippen molar-refractivity contribution in [3.05, 3.63) is 11.9 Å². The number of rotatable bonds is 0. The zero-order chi connectivity index (χ0) is 3.58. The van der Waals surface area contributed by atoms with Crippen LogP contribution in [0.2, 0.25) is 0 Å². The molecule has 5 heavy (non-hydrogen) atoms. The van der Waals surface area contributed by atoms with Crippen LogP contribution in [0, 0.1) is 0 Å². The second-order valence-corrected chi connectivity index (χ2v) is 0.102. The molecule has 4 heteroatoms. The number of hydrogen-bond donors (Lipinski definition) is 0. The van der Waals surface area contributed by atoms with Crippen LogP contribution >= 0.6 is 0 Å². The maximum Gasteiger partial charge on any atom is 1.00 e. The van der Waals surface area contributed by atoms with E-state index >= 15 is 0 Å². The number of amides is 1. The third-order valence-corrected chi connectivity index (χ3v) is 0. The van der Waals surface area contributed by atoms with E-state index in [0.717, 1.165) is 0 Å². The summed E-state index contributed by atoms with van der Waals surface area (Å²) in [4.78, 5) is 8.78. The minimum Gasteiger partial charge on any atom is -0.693 e. The van der Waals surface area contributed by atoms with Crippen molar-refractivity contribution in [2.75, 3.05) is 0 Å². The summed E-state index contributed by atoms with van der Waals surface area (Å²) in [7, 11) is 0. The Kier molecular flexibility index (Phi) is 37.0. The molecule has 0 aromatic heterocycles. The Labute approximate surface area is 74.7 Å². The molecule has 0 saturated carbocycles. The van der Waals surface area contributed by atoms with Gasteiger partial charge in [0, 0.05) is 6.39 Å². The van der Waals surface area contributed by atoms with Gasteiger partial charge in [0.1, 0.15) is 0 Å². The minimum atomic E-state index is -1.33. The molecule has 0 saturated heterocycles. The van der Waals surface area contributed by atoms with Gasteiger partial charge in [0.15, 0.2) is 0 Å². The summed E-state index contributed by atoms with van der Waals surface area (Å²) in [6.45, 7) is 0. The predicted octanol–water partition coefficient (Wildman–Crippen LogP) is -2.08. The molecule has 0 fully saturated rings. The zero-order valence-electron chi connectivity index (χ0n) is 3.99. The van der Waals surface area contributed by atoms with Gasteiger partial charge in [-0.3, -0.25) is 0 Å². The van der Waals surface area contributed by atoms with Crippen LogP contribution in [-0.4, -0.2) is 6.39 Å². The van der Waals surface area contributed by atoms with Gasteiger partial charge in [0.25, 0.3) is 0 Å². The van der Waals surface area contributed by atoms with E-state index in [9.17, 15) is 0 Å². The molecule has 0 rings (SSSR count). The molecular weight excluding hydrogens is 95.1 g/mol. The van der Waals surface area contributed by atoms with E-state index in [4.69, 9.17) is 11.9 Å². The van der Waals surface area contributed by atoms with Crippen LogP contribution in [0.25, 0.3) is 11.9 Å². The standard InChI is InChI=1S/CH3NO.K.H2N/c2-1-3;;/h1H,(H2,2,3);;1H2/q;+1;-1/p-1/i1D;;. The van der Waals surface area contributed by atoms with E-state index in [1.54, 1.807) is 0 Å². The van der Waals surface area contributed by atoms with E-state index < -0.39 is 6.39 Å². The summed E-state index contributed by atoms with van der Waals surface area (Å²) in [5, 5.41) is 0. The number of nitrogens with two attached hydrogens (primary N) is 1. The van der Waals surface area contributed by atoms with Gasteiger partial charge < -0.3 is 16.7 Å². The first-order valence-electron chi connectivity index (χ1n) is 0.954. The van der Waals surface area contributed by atoms with Crippen LogP contribution in [-0.2, 0) is 4.79 Å². The fraction of sp³-hybridized carbons (Fsp3) is 0. The SMILES string of the molecule is [2H]C([NH-])=O.[K+].[NH2-]. The largest absolute Gasteiger partial charge is 1.00 e. The van der Waals surface area contributed by atoms with Crippen molar-refractivity contribution < 1.29 is 57.5 Å². The molecule has 0 radical (unpaired) electrons. The molecule has 0 aliphatic carbocycles. The van der Waals surface area contributed by atoms with Gasteiger partial charge in [-0.15, -0.1) is 0 Å². The van der Waals surface area contributed by atoms with Crippen molar-refractivity contribution in [1.29, 1.82) is 0 Å². The van der Waals surface area contributed by atoms with Gasteiger partial charge in [0.2, 0.25) is 0 Å². The topological polar surface area (TPSA) is 74.4 Å². The summed E-state index contributed by atoms with van der Waals surface area (Å²) in [6.07, 6.45) is -1.33.